The Morgan fingerprint density at radius 2 is 1.95 bits per heavy atom. The number of nitrogens with one attached hydrogen (secondary N) is 1. The first-order valence-corrected chi connectivity index (χ1v) is 7.10. The van der Waals surface area contributed by atoms with E-state index in [-0.39, 0.29) is 11.6 Å². The second kappa shape index (κ2) is 7.33. The molecular formula is C15H13Cl2FN2O2. The summed E-state index contributed by atoms with van der Waals surface area (Å²) in [5.41, 5.74) is 6.58. The molecule has 3 N–H and O–H groups in total. The van der Waals surface area contributed by atoms with E-state index >= 15 is 0 Å². The molecule has 0 aromatic heterocycles. The van der Waals surface area contributed by atoms with E-state index in [1.165, 1.54) is 12.1 Å². The third kappa shape index (κ3) is 4.51. The van der Waals surface area contributed by atoms with E-state index in [1.54, 1.807) is 24.3 Å². The minimum atomic E-state index is -0.574. The number of ether oxygens (including phenoxy) is 1. The highest BCUT2D eigenvalue weighted by atomic mass is 35.5. The van der Waals surface area contributed by atoms with E-state index in [0.717, 1.165) is 5.56 Å². The summed E-state index contributed by atoms with van der Waals surface area (Å²) in [4.78, 5) is 10.7. The van der Waals surface area contributed by atoms with Crippen LogP contribution in [0.15, 0.2) is 36.4 Å². The molecule has 4 nitrogen and oxygen atoms in total. The summed E-state index contributed by atoms with van der Waals surface area (Å²) in [5.74, 6) is -0.657. The third-order valence-electron chi connectivity index (χ3n) is 2.78. The summed E-state index contributed by atoms with van der Waals surface area (Å²) >= 11 is 11.8. The van der Waals surface area contributed by atoms with Crippen molar-refractivity contribution in [2.75, 3.05) is 11.9 Å². The minimum absolute atomic E-state index is 0.0539. The number of anilines is 1. The van der Waals surface area contributed by atoms with Gasteiger partial charge in [0.25, 0.3) is 5.91 Å². The van der Waals surface area contributed by atoms with Crippen LogP contribution in [0.4, 0.5) is 10.1 Å². The van der Waals surface area contributed by atoms with E-state index in [9.17, 15) is 9.18 Å². The molecule has 0 saturated carbocycles. The van der Waals surface area contributed by atoms with Crippen molar-refractivity contribution in [2.45, 2.75) is 6.54 Å². The van der Waals surface area contributed by atoms with Crippen LogP contribution in [0.2, 0.25) is 10.0 Å². The normalized spacial score (nSPS) is 10.3. The first-order chi connectivity index (χ1) is 10.5. The van der Waals surface area contributed by atoms with Crippen LogP contribution in [0.5, 0.6) is 5.75 Å². The van der Waals surface area contributed by atoms with Gasteiger partial charge in [0.05, 0.1) is 10.0 Å². The summed E-state index contributed by atoms with van der Waals surface area (Å²) in [6.07, 6.45) is 0. The van der Waals surface area contributed by atoms with Crippen molar-refractivity contribution in [2.24, 2.45) is 5.73 Å². The monoisotopic (exact) mass is 342 g/mol. The van der Waals surface area contributed by atoms with Crippen LogP contribution in [-0.2, 0) is 11.3 Å². The van der Waals surface area contributed by atoms with Gasteiger partial charge in [-0.15, -0.1) is 0 Å². The average Bonchev–Trinajstić information content (AvgIpc) is 2.47. The van der Waals surface area contributed by atoms with Crippen molar-refractivity contribution < 1.29 is 13.9 Å². The molecule has 0 aliphatic rings. The molecule has 0 saturated heterocycles. The molecule has 22 heavy (non-hydrogen) atoms. The maximum absolute atomic E-state index is 13.1. The number of carbonyl (C=O) groups excluding carboxylic acids is 1. The first-order valence-electron chi connectivity index (χ1n) is 6.34. The largest absolute Gasteiger partial charge is 0.482 e. The van der Waals surface area contributed by atoms with Crippen LogP contribution in [0.25, 0.3) is 0 Å². The van der Waals surface area contributed by atoms with Crippen LogP contribution in [-0.4, -0.2) is 12.5 Å². The molecule has 0 bridgehead atoms. The number of hydrogen-bond donors (Lipinski definition) is 2. The van der Waals surface area contributed by atoms with Crippen LogP contribution >= 0.6 is 23.2 Å². The van der Waals surface area contributed by atoms with Crippen LogP contribution in [0.1, 0.15) is 5.56 Å². The van der Waals surface area contributed by atoms with E-state index in [2.05, 4.69) is 5.32 Å². The van der Waals surface area contributed by atoms with Crippen molar-refractivity contribution in [1.82, 2.24) is 0 Å². The highest BCUT2D eigenvalue weighted by Gasteiger charge is 2.06. The Morgan fingerprint density at radius 1 is 1.18 bits per heavy atom. The summed E-state index contributed by atoms with van der Waals surface area (Å²) in [5, 5.41) is 3.53. The van der Waals surface area contributed by atoms with Gasteiger partial charge in [-0.05, 0) is 35.9 Å². The molecule has 2 aromatic rings. The molecule has 0 radical (unpaired) electrons. The number of rotatable bonds is 6. The lowest BCUT2D eigenvalue weighted by Crippen LogP contribution is -2.20. The zero-order valence-corrected chi connectivity index (χ0v) is 12.9. The van der Waals surface area contributed by atoms with Gasteiger partial charge in [-0.1, -0.05) is 29.3 Å². The Kier molecular flexibility index (Phi) is 5.46. The topological polar surface area (TPSA) is 64.4 Å². The van der Waals surface area contributed by atoms with Crippen molar-refractivity contribution in [3.8, 4) is 5.75 Å². The fourth-order valence-electron chi connectivity index (χ4n) is 1.73. The predicted molar refractivity (Wildman–Crippen MR) is 84.9 cm³/mol. The zero-order chi connectivity index (χ0) is 16.1. The minimum Gasteiger partial charge on any atom is -0.482 e. The molecule has 0 aliphatic heterocycles. The Hall–Kier alpha value is -1.98. The van der Waals surface area contributed by atoms with Crippen LogP contribution in [0, 0.1) is 5.82 Å². The molecule has 0 spiro atoms. The van der Waals surface area contributed by atoms with Crippen molar-refractivity contribution in [1.29, 1.82) is 0 Å². The van der Waals surface area contributed by atoms with Gasteiger partial charge in [0.1, 0.15) is 11.6 Å². The lowest BCUT2D eigenvalue weighted by atomic mass is 10.2. The third-order valence-corrected chi connectivity index (χ3v) is 3.37. The molecule has 0 heterocycles. The molecule has 2 aromatic carbocycles. The number of primary amides is 1. The second-order valence-corrected chi connectivity index (χ2v) is 5.32. The van der Waals surface area contributed by atoms with Gasteiger partial charge in [0, 0.05) is 12.2 Å². The van der Waals surface area contributed by atoms with Gasteiger partial charge < -0.3 is 15.8 Å². The number of nitrogens with two attached hydrogens (primary N) is 1. The van der Waals surface area contributed by atoms with Gasteiger partial charge >= 0.3 is 0 Å². The standard InChI is InChI=1S/C15H13Cl2FN2O2/c16-11-6-10(2-3-13(11)18)20-7-9-1-4-14(12(17)5-9)22-8-15(19)21/h1-6,20H,7-8H2,(H2,19,21). The van der Waals surface area contributed by atoms with Crippen molar-refractivity contribution >= 4 is 34.8 Å². The summed E-state index contributed by atoms with van der Waals surface area (Å²) in [6.45, 7) is 0.239. The van der Waals surface area contributed by atoms with E-state index in [0.29, 0.717) is 23.0 Å². The molecule has 0 fully saturated rings. The highest BCUT2D eigenvalue weighted by Crippen LogP contribution is 2.26. The van der Waals surface area contributed by atoms with Gasteiger partial charge in [-0.25, -0.2) is 4.39 Å². The fraction of sp³-hybridized carbons (Fsp3) is 0.133. The lowest BCUT2D eigenvalue weighted by Gasteiger charge is -2.10. The Bertz CT molecular complexity index is 695. The lowest BCUT2D eigenvalue weighted by molar-refractivity contribution is -0.119. The van der Waals surface area contributed by atoms with Gasteiger partial charge in [0.15, 0.2) is 6.61 Å². The Morgan fingerprint density at radius 3 is 2.59 bits per heavy atom. The summed E-state index contributed by atoms with van der Waals surface area (Å²) in [6, 6.07) is 9.53. The average molecular weight is 343 g/mol. The van der Waals surface area contributed by atoms with E-state index in [1.807, 2.05) is 0 Å². The smallest absolute Gasteiger partial charge is 0.255 e. The summed E-state index contributed by atoms with van der Waals surface area (Å²) < 4.78 is 18.2. The molecule has 116 valence electrons. The second-order valence-electron chi connectivity index (χ2n) is 4.50. The number of carbonyl (C=O) groups is 1. The fourth-order valence-corrected chi connectivity index (χ4v) is 2.17. The molecular weight excluding hydrogens is 330 g/mol. The van der Waals surface area contributed by atoms with Crippen LogP contribution in [0.3, 0.4) is 0 Å². The first kappa shape index (κ1) is 16.4. The molecule has 0 aliphatic carbocycles. The predicted octanol–water partition coefficient (Wildman–Crippen LogP) is 3.61. The summed E-state index contributed by atoms with van der Waals surface area (Å²) in [7, 11) is 0. The molecule has 0 atom stereocenters. The number of halogens is 3. The maximum Gasteiger partial charge on any atom is 0.255 e. The maximum atomic E-state index is 13.1. The van der Waals surface area contributed by atoms with E-state index < -0.39 is 11.7 Å². The highest BCUT2D eigenvalue weighted by molar-refractivity contribution is 6.32. The molecule has 7 heteroatoms. The quantitative estimate of drug-likeness (QED) is 0.842. The molecule has 2 rings (SSSR count). The van der Waals surface area contributed by atoms with Gasteiger partial charge in [-0.3, -0.25) is 4.79 Å². The Labute approximate surface area is 137 Å². The van der Waals surface area contributed by atoms with Crippen molar-refractivity contribution in [3.05, 3.63) is 57.8 Å². The molecule has 1 amide bonds. The molecule has 0 unspecified atom stereocenters. The van der Waals surface area contributed by atoms with Gasteiger partial charge in [-0.2, -0.15) is 0 Å². The van der Waals surface area contributed by atoms with E-state index in [4.69, 9.17) is 33.7 Å². The SMILES string of the molecule is NC(=O)COc1ccc(CNc2ccc(F)c(Cl)c2)cc1Cl. The van der Waals surface area contributed by atoms with Crippen molar-refractivity contribution in [3.63, 3.8) is 0 Å². The number of hydrogen-bond acceptors (Lipinski definition) is 3. The number of benzene rings is 2. The number of amides is 1. The Balaban J connectivity index is 1.99. The van der Waals surface area contributed by atoms with Gasteiger partial charge in [0.2, 0.25) is 0 Å². The van der Waals surface area contributed by atoms with Crippen LogP contribution < -0.4 is 15.8 Å². The zero-order valence-electron chi connectivity index (χ0n) is 11.4.